The number of unbranched alkanes of at least 4 members (excludes halogenated alkanes) is 1. The summed E-state index contributed by atoms with van der Waals surface area (Å²) in [5.41, 5.74) is 0. The van der Waals surface area contributed by atoms with Crippen molar-refractivity contribution in [3.63, 3.8) is 0 Å². The third-order valence-corrected chi connectivity index (χ3v) is 5.71. The van der Waals surface area contributed by atoms with Crippen LogP contribution < -0.4 is 5.32 Å². The van der Waals surface area contributed by atoms with E-state index in [1.54, 1.807) is 0 Å². The van der Waals surface area contributed by atoms with Gasteiger partial charge in [-0.2, -0.15) is 0 Å². The lowest BCUT2D eigenvalue weighted by Gasteiger charge is -2.35. The zero-order valence-corrected chi connectivity index (χ0v) is 13.3. The van der Waals surface area contributed by atoms with Crippen molar-refractivity contribution in [3.8, 4) is 0 Å². The molecular weight excluding hydrogens is 230 g/mol. The molecule has 19 heavy (non-hydrogen) atoms. The SMILES string of the molecule is CCCCC1CCC(NC2CCC(CC)CC2)CC1. The van der Waals surface area contributed by atoms with E-state index in [1.807, 2.05) is 0 Å². The molecule has 2 aliphatic carbocycles. The average Bonchev–Trinajstić information content (AvgIpc) is 2.47. The maximum absolute atomic E-state index is 3.98. The average molecular weight is 265 g/mol. The second-order valence-electron chi connectivity index (χ2n) is 7.15. The van der Waals surface area contributed by atoms with Crippen LogP contribution >= 0.6 is 0 Å². The Balaban J connectivity index is 1.60. The molecule has 0 radical (unpaired) electrons. The monoisotopic (exact) mass is 265 g/mol. The van der Waals surface area contributed by atoms with Gasteiger partial charge in [-0.1, -0.05) is 39.5 Å². The van der Waals surface area contributed by atoms with Crippen LogP contribution in [0.25, 0.3) is 0 Å². The Kier molecular flexibility index (Phi) is 6.70. The van der Waals surface area contributed by atoms with Crippen LogP contribution in [0, 0.1) is 11.8 Å². The summed E-state index contributed by atoms with van der Waals surface area (Å²) in [7, 11) is 0. The lowest BCUT2D eigenvalue weighted by Crippen LogP contribution is -2.42. The Morgan fingerprint density at radius 2 is 1.26 bits per heavy atom. The second-order valence-corrected chi connectivity index (χ2v) is 7.15. The van der Waals surface area contributed by atoms with Crippen LogP contribution in [0.5, 0.6) is 0 Å². The van der Waals surface area contributed by atoms with E-state index in [-0.39, 0.29) is 0 Å². The van der Waals surface area contributed by atoms with Gasteiger partial charge in [-0.05, 0) is 63.2 Å². The van der Waals surface area contributed by atoms with Crippen LogP contribution in [0.4, 0.5) is 0 Å². The standard InChI is InChI=1S/C18H35N/c1-3-5-6-16-9-13-18(14-10-16)19-17-11-7-15(4-2)8-12-17/h15-19H,3-14H2,1-2H3. The largest absolute Gasteiger partial charge is 0.311 e. The maximum atomic E-state index is 3.98. The molecule has 2 fully saturated rings. The van der Waals surface area contributed by atoms with Gasteiger partial charge in [0.05, 0.1) is 0 Å². The Bertz CT molecular complexity index is 222. The first-order chi connectivity index (χ1) is 9.31. The van der Waals surface area contributed by atoms with Gasteiger partial charge in [-0.15, -0.1) is 0 Å². The fourth-order valence-corrected chi connectivity index (χ4v) is 4.18. The van der Waals surface area contributed by atoms with Crippen molar-refractivity contribution in [2.24, 2.45) is 11.8 Å². The van der Waals surface area contributed by atoms with Crippen LogP contribution in [0.1, 0.15) is 90.9 Å². The first kappa shape index (κ1) is 15.4. The van der Waals surface area contributed by atoms with E-state index < -0.39 is 0 Å². The molecule has 0 bridgehead atoms. The highest BCUT2D eigenvalue weighted by atomic mass is 15.0. The molecule has 0 unspecified atom stereocenters. The molecule has 2 rings (SSSR count). The second kappa shape index (κ2) is 8.29. The van der Waals surface area contributed by atoms with Gasteiger partial charge in [-0.3, -0.25) is 0 Å². The third-order valence-electron chi connectivity index (χ3n) is 5.71. The van der Waals surface area contributed by atoms with Gasteiger partial charge in [0.1, 0.15) is 0 Å². The van der Waals surface area contributed by atoms with Gasteiger partial charge in [0.15, 0.2) is 0 Å². The Morgan fingerprint density at radius 3 is 1.74 bits per heavy atom. The van der Waals surface area contributed by atoms with E-state index in [1.165, 1.54) is 77.0 Å². The highest BCUT2D eigenvalue weighted by Gasteiger charge is 2.25. The van der Waals surface area contributed by atoms with Crippen LogP contribution in [0.2, 0.25) is 0 Å². The van der Waals surface area contributed by atoms with Gasteiger partial charge in [-0.25, -0.2) is 0 Å². The predicted molar refractivity (Wildman–Crippen MR) is 84.4 cm³/mol. The quantitative estimate of drug-likeness (QED) is 0.687. The van der Waals surface area contributed by atoms with E-state index in [0.717, 1.165) is 23.9 Å². The first-order valence-electron chi connectivity index (χ1n) is 9.07. The number of nitrogens with one attached hydrogen (secondary N) is 1. The summed E-state index contributed by atoms with van der Waals surface area (Å²) in [5.74, 6) is 2.08. The van der Waals surface area contributed by atoms with Gasteiger partial charge in [0, 0.05) is 12.1 Å². The maximum Gasteiger partial charge on any atom is 0.00698 e. The highest BCUT2D eigenvalue weighted by Crippen LogP contribution is 2.31. The van der Waals surface area contributed by atoms with Crippen LogP contribution in [-0.4, -0.2) is 12.1 Å². The third kappa shape index (κ3) is 5.10. The molecule has 1 heteroatoms. The molecule has 0 atom stereocenters. The molecule has 0 amide bonds. The molecule has 0 aromatic rings. The summed E-state index contributed by atoms with van der Waals surface area (Å²) < 4.78 is 0. The molecular formula is C18H35N. The van der Waals surface area contributed by atoms with E-state index in [2.05, 4.69) is 19.2 Å². The van der Waals surface area contributed by atoms with Crippen molar-refractivity contribution in [2.45, 2.75) is 103 Å². The Labute approximate surface area is 120 Å². The van der Waals surface area contributed by atoms with Crippen molar-refractivity contribution < 1.29 is 0 Å². The lowest BCUT2D eigenvalue weighted by atomic mass is 9.81. The van der Waals surface area contributed by atoms with Gasteiger partial charge >= 0.3 is 0 Å². The van der Waals surface area contributed by atoms with Crippen molar-refractivity contribution in [2.75, 3.05) is 0 Å². The van der Waals surface area contributed by atoms with Crippen molar-refractivity contribution >= 4 is 0 Å². The van der Waals surface area contributed by atoms with E-state index in [9.17, 15) is 0 Å². The lowest BCUT2D eigenvalue weighted by molar-refractivity contribution is 0.222. The van der Waals surface area contributed by atoms with E-state index >= 15 is 0 Å². The summed E-state index contributed by atoms with van der Waals surface area (Å²) >= 11 is 0. The zero-order chi connectivity index (χ0) is 13.5. The topological polar surface area (TPSA) is 12.0 Å². The summed E-state index contributed by atoms with van der Waals surface area (Å²) in [6, 6.07) is 1.70. The predicted octanol–water partition coefficient (Wildman–Crippen LogP) is 5.29. The van der Waals surface area contributed by atoms with Gasteiger partial charge < -0.3 is 5.32 Å². The molecule has 2 saturated carbocycles. The first-order valence-corrected chi connectivity index (χ1v) is 9.07. The minimum absolute atomic E-state index is 0.847. The normalized spacial score (nSPS) is 36.3. The molecule has 112 valence electrons. The molecule has 2 aliphatic rings. The highest BCUT2D eigenvalue weighted by molar-refractivity contribution is 4.83. The van der Waals surface area contributed by atoms with Crippen molar-refractivity contribution in [1.82, 2.24) is 5.32 Å². The smallest absolute Gasteiger partial charge is 0.00698 e. The molecule has 0 spiro atoms. The molecule has 1 nitrogen and oxygen atoms in total. The molecule has 0 aromatic carbocycles. The molecule has 0 heterocycles. The molecule has 0 aliphatic heterocycles. The van der Waals surface area contributed by atoms with Gasteiger partial charge in [0.2, 0.25) is 0 Å². The fourth-order valence-electron chi connectivity index (χ4n) is 4.18. The summed E-state index contributed by atoms with van der Waals surface area (Å²) in [6.45, 7) is 4.68. The summed E-state index contributed by atoms with van der Waals surface area (Å²) in [4.78, 5) is 0. The van der Waals surface area contributed by atoms with Crippen LogP contribution in [0.3, 0.4) is 0 Å². The van der Waals surface area contributed by atoms with Crippen LogP contribution in [-0.2, 0) is 0 Å². The summed E-state index contributed by atoms with van der Waals surface area (Å²) in [6.07, 6.45) is 17.4. The number of rotatable bonds is 6. The fraction of sp³-hybridized carbons (Fsp3) is 1.00. The number of hydrogen-bond acceptors (Lipinski definition) is 1. The molecule has 0 aromatic heterocycles. The van der Waals surface area contributed by atoms with Crippen molar-refractivity contribution in [1.29, 1.82) is 0 Å². The van der Waals surface area contributed by atoms with E-state index in [4.69, 9.17) is 0 Å². The minimum Gasteiger partial charge on any atom is -0.311 e. The zero-order valence-electron chi connectivity index (χ0n) is 13.3. The molecule has 1 N–H and O–H groups in total. The Hall–Kier alpha value is -0.0400. The Morgan fingerprint density at radius 1 is 0.737 bits per heavy atom. The molecule has 0 saturated heterocycles. The van der Waals surface area contributed by atoms with Crippen LogP contribution in [0.15, 0.2) is 0 Å². The van der Waals surface area contributed by atoms with Crippen molar-refractivity contribution in [3.05, 3.63) is 0 Å². The summed E-state index contributed by atoms with van der Waals surface area (Å²) in [5, 5.41) is 3.98. The van der Waals surface area contributed by atoms with Gasteiger partial charge in [0.25, 0.3) is 0 Å². The number of hydrogen-bond donors (Lipinski definition) is 1. The minimum atomic E-state index is 0.847. The van der Waals surface area contributed by atoms with E-state index in [0.29, 0.717) is 0 Å².